The van der Waals surface area contributed by atoms with E-state index in [2.05, 4.69) is 38.2 Å². The molecule has 2 nitrogen and oxygen atoms in total. The smallest absolute Gasteiger partial charge is 0.120 e. The van der Waals surface area contributed by atoms with Crippen molar-refractivity contribution in [1.82, 2.24) is 0 Å². The van der Waals surface area contributed by atoms with Gasteiger partial charge in [-0.25, -0.2) is 0 Å². The molecular weight excluding hydrogens is 186 g/mol. The average Bonchev–Trinajstić information content (AvgIpc) is 2.51. The Bertz CT molecular complexity index is 375. The Morgan fingerprint density at radius 1 is 1.47 bits per heavy atom. The van der Waals surface area contributed by atoms with E-state index in [1.807, 2.05) is 6.07 Å². The summed E-state index contributed by atoms with van der Waals surface area (Å²) < 4.78 is 5.24. The minimum absolute atomic E-state index is 0.189. The van der Waals surface area contributed by atoms with Crippen LogP contribution >= 0.6 is 0 Å². The Balaban J connectivity index is 2.40. The predicted octanol–water partition coefficient (Wildman–Crippen LogP) is 3.39. The summed E-state index contributed by atoms with van der Waals surface area (Å²) in [5.74, 6) is 1.48. The number of benzene rings is 1. The first-order valence-electron chi connectivity index (χ1n) is 5.57. The number of rotatable bonds is 2. The molecule has 0 saturated carbocycles. The molecule has 0 saturated heterocycles. The molecule has 2 rings (SSSR count). The molecule has 0 spiro atoms. The van der Waals surface area contributed by atoms with Crippen LogP contribution in [0, 0.1) is 0 Å². The Labute approximate surface area is 91.6 Å². The van der Waals surface area contributed by atoms with Gasteiger partial charge in [-0.1, -0.05) is 19.9 Å². The highest BCUT2D eigenvalue weighted by atomic mass is 16.5. The minimum atomic E-state index is 0.189. The van der Waals surface area contributed by atoms with Gasteiger partial charge >= 0.3 is 0 Å². The fraction of sp³-hybridized carbons (Fsp3) is 0.538. The zero-order valence-electron chi connectivity index (χ0n) is 9.92. The molecule has 15 heavy (non-hydrogen) atoms. The Morgan fingerprint density at radius 2 is 2.20 bits per heavy atom. The standard InChI is InChI=1S/C13H19NO/c1-5-13(3)9(2)11-7-6-10(15-4)8-12(11)14-13/h6-9,14H,5H2,1-4H3. The fourth-order valence-corrected chi connectivity index (χ4v) is 2.30. The largest absolute Gasteiger partial charge is 0.497 e. The Hall–Kier alpha value is -1.18. The molecule has 0 bridgehead atoms. The van der Waals surface area contributed by atoms with Gasteiger partial charge in [-0.05, 0) is 25.0 Å². The highest BCUT2D eigenvalue weighted by molar-refractivity contribution is 5.63. The van der Waals surface area contributed by atoms with Gasteiger partial charge in [0.2, 0.25) is 0 Å². The zero-order chi connectivity index (χ0) is 11.1. The van der Waals surface area contributed by atoms with E-state index in [0.29, 0.717) is 5.92 Å². The lowest BCUT2D eigenvalue weighted by atomic mass is 9.84. The number of methoxy groups -OCH3 is 1. The number of hydrogen-bond acceptors (Lipinski definition) is 2. The lowest BCUT2D eigenvalue weighted by Crippen LogP contribution is -2.33. The van der Waals surface area contributed by atoms with Gasteiger partial charge in [-0.3, -0.25) is 0 Å². The van der Waals surface area contributed by atoms with E-state index in [0.717, 1.165) is 12.2 Å². The molecule has 82 valence electrons. The van der Waals surface area contributed by atoms with Crippen molar-refractivity contribution in [1.29, 1.82) is 0 Å². The molecule has 1 N–H and O–H groups in total. The second-order valence-electron chi connectivity index (χ2n) is 4.57. The van der Waals surface area contributed by atoms with E-state index in [4.69, 9.17) is 4.74 Å². The third-order valence-electron chi connectivity index (χ3n) is 3.84. The second kappa shape index (κ2) is 3.44. The van der Waals surface area contributed by atoms with Gasteiger partial charge in [0.25, 0.3) is 0 Å². The van der Waals surface area contributed by atoms with Crippen LogP contribution in [0.15, 0.2) is 18.2 Å². The van der Waals surface area contributed by atoms with E-state index in [-0.39, 0.29) is 5.54 Å². The van der Waals surface area contributed by atoms with E-state index >= 15 is 0 Å². The van der Waals surface area contributed by atoms with Crippen LogP contribution in [-0.2, 0) is 0 Å². The quantitative estimate of drug-likeness (QED) is 0.799. The Kier molecular flexibility index (Phi) is 2.37. The van der Waals surface area contributed by atoms with Crippen molar-refractivity contribution in [3.05, 3.63) is 23.8 Å². The maximum atomic E-state index is 5.24. The molecule has 2 heteroatoms. The average molecular weight is 205 g/mol. The van der Waals surface area contributed by atoms with Gasteiger partial charge in [0.05, 0.1) is 7.11 Å². The van der Waals surface area contributed by atoms with Gasteiger partial charge < -0.3 is 10.1 Å². The van der Waals surface area contributed by atoms with Crippen LogP contribution in [0.1, 0.15) is 38.7 Å². The molecule has 1 aromatic rings. The van der Waals surface area contributed by atoms with Crippen molar-refractivity contribution >= 4 is 5.69 Å². The van der Waals surface area contributed by atoms with Crippen LogP contribution in [0.4, 0.5) is 5.69 Å². The van der Waals surface area contributed by atoms with Crippen LogP contribution in [0.2, 0.25) is 0 Å². The van der Waals surface area contributed by atoms with Gasteiger partial charge in [0.1, 0.15) is 5.75 Å². The van der Waals surface area contributed by atoms with Crippen LogP contribution in [-0.4, -0.2) is 12.6 Å². The minimum Gasteiger partial charge on any atom is -0.497 e. The van der Waals surface area contributed by atoms with Crippen LogP contribution in [0.25, 0.3) is 0 Å². The van der Waals surface area contributed by atoms with E-state index in [1.165, 1.54) is 11.3 Å². The van der Waals surface area contributed by atoms with Crippen molar-refractivity contribution < 1.29 is 4.74 Å². The molecule has 0 amide bonds. The molecule has 1 aliphatic rings. The number of fused-ring (bicyclic) bond motifs is 1. The van der Waals surface area contributed by atoms with E-state index in [9.17, 15) is 0 Å². The van der Waals surface area contributed by atoms with Gasteiger partial charge in [0.15, 0.2) is 0 Å². The number of ether oxygens (including phenoxy) is 1. The zero-order valence-corrected chi connectivity index (χ0v) is 9.92. The van der Waals surface area contributed by atoms with Crippen LogP contribution in [0.3, 0.4) is 0 Å². The molecule has 0 radical (unpaired) electrons. The van der Waals surface area contributed by atoms with Crippen molar-refractivity contribution in [2.45, 2.75) is 38.6 Å². The third kappa shape index (κ3) is 1.48. The summed E-state index contributed by atoms with van der Waals surface area (Å²) in [7, 11) is 1.71. The van der Waals surface area contributed by atoms with Gasteiger partial charge in [-0.2, -0.15) is 0 Å². The molecule has 0 aliphatic carbocycles. The topological polar surface area (TPSA) is 21.3 Å². The molecule has 2 atom stereocenters. The monoisotopic (exact) mass is 205 g/mol. The summed E-state index contributed by atoms with van der Waals surface area (Å²) in [6.07, 6.45) is 1.13. The van der Waals surface area contributed by atoms with Crippen molar-refractivity contribution in [2.24, 2.45) is 0 Å². The number of anilines is 1. The predicted molar refractivity (Wildman–Crippen MR) is 63.7 cm³/mol. The lowest BCUT2D eigenvalue weighted by molar-refractivity contribution is 0.415. The van der Waals surface area contributed by atoms with Crippen LogP contribution in [0.5, 0.6) is 5.75 Å². The maximum Gasteiger partial charge on any atom is 0.120 e. The summed E-state index contributed by atoms with van der Waals surface area (Å²) in [6.45, 7) is 6.80. The molecule has 1 aliphatic heterocycles. The summed E-state index contributed by atoms with van der Waals surface area (Å²) >= 11 is 0. The first-order chi connectivity index (χ1) is 7.10. The highest BCUT2D eigenvalue weighted by Crippen LogP contribution is 2.45. The van der Waals surface area contributed by atoms with E-state index < -0.39 is 0 Å². The molecule has 1 heterocycles. The number of nitrogens with one attached hydrogen (secondary N) is 1. The van der Waals surface area contributed by atoms with Gasteiger partial charge in [-0.15, -0.1) is 0 Å². The fourth-order valence-electron chi connectivity index (χ4n) is 2.30. The molecule has 0 fully saturated rings. The van der Waals surface area contributed by atoms with Gasteiger partial charge in [0, 0.05) is 23.2 Å². The Morgan fingerprint density at radius 3 is 2.80 bits per heavy atom. The summed E-state index contributed by atoms with van der Waals surface area (Å²) in [4.78, 5) is 0. The summed E-state index contributed by atoms with van der Waals surface area (Å²) in [5.41, 5.74) is 2.82. The summed E-state index contributed by atoms with van der Waals surface area (Å²) in [6, 6.07) is 6.30. The van der Waals surface area contributed by atoms with Crippen molar-refractivity contribution in [3.8, 4) is 5.75 Å². The van der Waals surface area contributed by atoms with E-state index in [1.54, 1.807) is 7.11 Å². The molecule has 1 aromatic carbocycles. The second-order valence-corrected chi connectivity index (χ2v) is 4.57. The third-order valence-corrected chi connectivity index (χ3v) is 3.84. The number of hydrogen-bond donors (Lipinski definition) is 1. The van der Waals surface area contributed by atoms with Crippen molar-refractivity contribution in [2.75, 3.05) is 12.4 Å². The maximum absolute atomic E-state index is 5.24. The highest BCUT2D eigenvalue weighted by Gasteiger charge is 2.37. The molecule has 0 aromatic heterocycles. The first-order valence-corrected chi connectivity index (χ1v) is 5.57. The lowest BCUT2D eigenvalue weighted by Gasteiger charge is -2.28. The molecular formula is C13H19NO. The van der Waals surface area contributed by atoms with Crippen LogP contribution < -0.4 is 10.1 Å². The summed E-state index contributed by atoms with van der Waals surface area (Å²) in [5, 5.41) is 3.60. The van der Waals surface area contributed by atoms with Crippen molar-refractivity contribution in [3.63, 3.8) is 0 Å². The SMILES string of the molecule is CCC1(C)Nc2cc(OC)ccc2C1C. The first kappa shape index (κ1) is 10.3. The normalized spacial score (nSPS) is 28.4. The molecule has 2 unspecified atom stereocenters.